The standard InChI is InChI=1S/C10H23N3/c1-6-8-13(7-2)9(11)12-10(3,4)5/h6-8H2,1-5H3,(H2,11,12). The molecule has 0 unspecified atom stereocenters. The van der Waals surface area contributed by atoms with E-state index in [1.165, 1.54) is 0 Å². The van der Waals surface area contributed by atoms with Crippen molar-refractivity contribution >= 4 is 5.96 Å². The van der Waals surface area contributed by atoms with Crippen molar-refractivity contribution in [3.8, 4) is 0 Å². The highest BCUT2D eigenvalue weighted by Crippen LogP contribution is 2.06. The molecular formula is C10H23N3. The zero-order valence-corrected chi connectivity index (χ0v) is 9.59. The Labute approximate surface area is 82.0 Å². The van der Waals surface area contributed by atoms with Gasteiger partial charge in [0, 0.05) is 13.1 Å². The van der Waals surface area contributed by atoms with Gasteiger partial charge in [-0.05, 0) is 34.1 Å². The lowest BCUT2D eigenvalue weighted by molar-refractivity contribution is 0.424. The molecule has 0 heterocycles. The van der Waals surface area contributed by atoms with Crippen LogP contribution in [0.15, 0.2) is 4.99 Å². The number of nitrogens with zero attached hydrogens (tertiary/aromatic N) is 2. The first kappa shape index (κ1) is 12.3. The maximum absolute atomic E-state index is 5.88. The van der Waals surface area contributed by atoms with E-state index >= 15 is 0 Å². The highest BCUT2D eigenvalue weighted by molar-refractivity contribution is 5.78. The second kappa shape index (κ2) is 5.10. The molecule has 0 atom stereocenters. The van der Waals surface area contributed by atoms with Crippen LogP contribution in [-0.4, -0.2) is 29.5 Å². The summed E-state index contributed by atoms with van der Waals surface area (Å²) < 4.78 is 0. The van der Waals surface area contributed by atoms with Gasteiger partial charge < -0.3 is 10.6 Å². The molecular weight excluding hydrogens is 162 g/mol. The zero-order valence-electron chi connectivity index (χ0n) is 9.59. The number of hydrogen-bond donors (Lipinski definition) is 1. The normalized spacial score (nSPS) is 13.2. The van der Waals surface area contributed by atoms with E-state index < -0.39 is 0 Å². The van der Waals surface area contributed by atoms with Gasteiger partial charge in [-0.2, -0.15) is 0 Å². The molecule has 0 radical (unpaired) electrons. The minimum Gasteiger partial charge on any atom is -0.370 e. The van der Waals surface area contributed by atoms with Crippen LogP contribution in [0.2, 0.25) is 0 Å². The molecule has 0 saturated carbocycles. The summed E-state index contributed by atoms with van der Waals surface area (Å²) in [4.78, 5) is 6.52. The second-order valence-electron chi connectivity index (χ2n) is 4.22. The molecule has 13 heavy (non-hydrogen) atoms. The summed E-state index contributed by atoms with van der Waals surface area (Å²) in [7, 11) is 0. The fourth-order valence-electron chi connectivity index (χ4n) is 1.12. The number of aliphatic imine (C=N–C) groups is 1. The van der Waals surface area contributed by atoms with Crippen LogP contribution < -0.4 is 5.73 Å². The van der Waals surface area contributed by atoms with Crippen molar-refractivity contribution in [1.29, 1.82) is 0 Å². The van der Waals surface area contributed by atoms with Crippen molar-refractivity contribution in [2.75, 3.05) is 13.1 Å². The average Bonchev–Trinajstić information content (AvgIpc) is 1.96. The third-order valence-corrected chi connectivity index (χ3v) is 1.65. The molecule has 0 aromatic rings. The summed E-state index contributed by atoms with van der Waals surface area (Å²) in [5.74, 6) is 0.664. The first-order valence-corrected chi connectivity index (χ1v) is 5.01. The zero-order chi connectivity index (χ0) is 10.5. The first-order valence-electron chi connectivity index (χ1n) is 5.01. The van der Waals surface area contributed by atoms with Crippen molar-refractivity contribution < 1.29 is 0 Å². The average molecular weight is 185 g/mol. The van der Waals surface area contributed by atoms with Crippen molar-refractivity contribution in [2.45, 2.75) is 46.6 Å². The quantitative estimate of drug-likeness (QED) is 0.538. The minimum atomic E-state index is -0.0781. The Bertz CT molecular complexity index is 167. The molecule has 0 aromatic heterocycles. The van der Waals surface area contributed by atoms with Crippen LogP contribution in [0.1, 0.15) is 41.0 Å². The van der Waals surface area contributed by atoms with Gasteiger partial charge in [0.05, 0.1) is 5.54 Å². The van der Waals surface area contributed by atoms with E-state index in [9.17, 15) is 0 Å². The number of rotatable bonds is 3. The van der Waals surface area contributed by atoms with Gasteiger partial charge in [0.1, 0.15) is 0 Å². The molecule has 0 aliphatic rings. The SMILES string of the molecule is CCCN(CC)C(N)=NC(C)(C)C. The van der Waals surface area contributed by atoms with E-state index in [-0.39, 0.29) is 5.54 Å². The van der Waals surface area contributed by atoms with Gasteiger partial charge in [-0.25, -0.2) is 4.99 Å². The predicted molar refractivity (Wildman–Crippen MR) is 58.9 cm³/mol. The lowest BCUT2D eigenvalue weighted by Crippen LogP contribution is -2.39. The fraction of sp³-hybridized carbons (Fsp3) is 0.900. The molecule has 0 amide bonds. The van der Waals surface area contributed by atoms with E-state index in [1.54, 1.807) is 0 Å². The Morgan fingerprint density at radius 1 is 1.31 bits per heavy atom. The smallest absolute Gasteiger partial charge is 0.191 e. The summed E-state index contributed by atoms with van der Waals surface area (Å²) in [6, 6.07) is 0. The molecule has 0 aromatic carbocycles. The highest BCUT2D eigenvalue weighted by atomic mass is 15.3. The lowest BCUT2D eigenvalue weighted by Gasteiger charge is -2.24. The van der Waals surface area contributed by atoms with Gasteiger partial charge >= 0.3 is 0 Å². The minimum absolute atomic E-state index is 0.0781. The van der Waals surface area contributed by atoms with Gasteiger partial charge in [-0.3, -0.25) is 0 Å². The summed E-state index contributed by atoms with van der Waals surface area (Å²) in [6.07, 6.45) is 1.11. The van der Waals surface area contributed by atoms with Crippen molar-refractivity contribution in [3.63, 3.8) is 0 Å². The molecule has 3 heteroatoms. The summed E-state index contributed by atoms with van der Waals surface area (Å²) in [6.45, 7) is 12.3. The van der Waals surface area contributed by atoms with E-state index in [0.717, 1.165) is 19.5 Å². The number of guanidine groups is 1. The van der Waals surface area contributed by atoms with E-state index in [4.69, 9.17) is 5.73 Å². The van der Waals surface area contributed by atoms with Gasteiger partial charge in [0.15, 0.2) is 5.96 Å². The predicted octanol–water partition coefficient (Wildman–Crippen LogP) is 1.83. The topological polar surface area (TPSA) is 41.6 Å². The summed E-state index contributed by atoms with van der Waals surface area (Å²) >= 11 is 0. The molecule has 0 aliphatic carbocycles. The molecule has 3 nitrogen and oxygen atoms in total. The van der Waals surface area contributed by atoms with Crippen LogP contribution in [0.25, 0.3) is 0 Å². The molecule has 0 saturated heterocycles. The Balaban J connectivity index is 4.35. The maximum Gasteiger partial charge on any atom is 0.191 e. The largest absolute Gasteiger partial charge is 0.370 e. The number of hydrogen-bond acceptors (Lipinski definition) is 1. The van der Waals surface area contributed by atoms with Crippen molar-refractivity contribution in [2.24, 2.45) is 10.7 Å². The van der Waals surface area contributed by atoms with Gasteiger partial charge in [0.2, 0.25) is 0 Å². The van der Waals surface area contributed by atoms with Crippen LogP contribution in [0.3, 0.4) is 0 Å². The third-order valence-electron chi connectivity index (χ3n) is 1.65. The molecule has 78 valence electrons. The van der Waals surface area contributed by atoms with Gasteiger partial charge in [0.25, 0.3) is 0 Å². The van der Waals surface area contributed by atoms with E-state index in [0.29, 0.717) is 5.96 Å². The van der Waals surface area contributed by atoms with Crippen molar-refractivity contribution in [3.05, 3.63) is 0 Å². The maximum atomic E-state index is 5.88. The fourth-order valence-corrected chi connectivity index (χ4v) is 1.12. The van der Waals surface area contributed by atoms with Crippen LogP contribution in [0.5, 0.6) is 0 Å². The second-order valence-corrected chi connectivity index (χ2v) is 4.22. The van der Waals surface area contributed by atoms with Gasteiger partial charge in [-0.15, -0.1) is 0 Å². The van der Waals surface area contributed by atoms with Crippen molar-refractivity contribution in [1.82, 2.24) is 4.90 Å². The molecule has 0 fully saturated rings. The van der Waals surface area contributed by atoms with E-state index in [2.05, 4.69) is 44.5 Å². The first-order chi connectivity index (χ1) is 5.90. The van der Waals surface area contributed by atoms with Crippen LogP contribution in [0.4, 0.5) is 0 Å². The Hall–Kier alpha value is -0.730. The highest BCUT2D eigenvalue weighted by Gasteiger charge is 2.11. The Morgan fingerprint density at radius 2 is 1.85 bits per heavy atom. The van der Waals surface area contributed by atoms with Crippen LogP contribution in [0, 0.1) is 0 Å². The molecule has 0 spiro atoms. The Kier molecular flexibility index (Phi) is 4.81. The Morgan fingerprint density at radius 3 is 2.15 bits per heavy atom. The van der Waals surface area contributed by atoms with Gasteiger partial charge in [-0.1, -0.05) is 6.92 Å². The molecule has 0 rings (SSSR count). The molecule has 2 N–H and O–H groups in total. The number of nitrogens with two attached hydrogens (primary N) is 1. The van der Waals surface area contributed by atoms with E-state index in [1.807, 2.05) is 0 Å². The summed E-state index contributed by atoms with van der Waals surface area (Å²) in [5.41, 5.74) is 5.80. The van der Waals surface area contributed by atoms with Crippen LogP contribution in [-0.2, 0) is 0 Å². The molecule has 0 aliphatic heterocycles. The molecule has 0 bridgehead atoms. The lowest BCUT2D eigenvalue weighted by atomic mass is 10.1. The monoisotopic (exact) mass is 185 g/mol. The third kappa shape index (κ3) is 5.50. The van der Waals surface area contributed by atoms with Crippen LogP contribution >= 0.6 is 0 Å². The summed E-state index contributed by atoms with van der Waals surface area (Å²) in [5, 5.41) is 0.